The Morgan fingerprint density at radius 1 is 1.14 bits per heavy atom. The molecule has 1 aromatic heterocycles. The number of anilines is 2. The van der Waals surface area contributed by atoms with Crippen LogP contribution in [0.4, 0.5) is 11.5 Å². The van der Waals surface area contributed by atoms with Crippen molar-refractivity contribution in [3.05, 3.63) is 59.1 Å². The lowest BCUT2D eigenvalue weighted by Gasteiger charge is -2.16. The van der Waals surface area contributed by atoms with Crippen molar-refractivity contribution in [3.63, 3.8) is 0 Å². The maximum Gasteiger partial charge on any atom is 0.271 e. The number of nitrogens with two attached hydrogens (primary N) is 1. The second-order valence-corrected chi connectivity index (χ2v) is 9.19. The molecule has 0 bridgehead atoms. The van der Waals surface area contributed by atoms with Crippen molar-refractivity contribution in [1.29, 1.82) is 0 Å². The van der Waals surface area contributed by atoms with Crippen molar-refractivity contribution >= 4 is 29.2 Å². The second-order valence-electron chi connectivity index (χ2n) is 9.19. The lowest BCUT2D eigenvalue weighted by Crippen LogP contribution is -2.38. The summed E-state index contributed by atoms with van der Waals surface area (Å²) in [7, 11) is 5.42. The summed E-state index contributed by atoms with van der Waals surface area (Å²) in [6.45, 7) is 6.87. The van der Waals surface area contributed by atoms with Gasteiger partial charge in [0.05, 0.1) is 17.9 Å². The smallest absolute Gasteiger partial charge is 0.271 e. The SMILES string of the molecule is Cc1nc(C(N)=O)c(Nc2cccc(CCNC(=O)CN(C)C(=O)/C=C/CN(C)C)c2)nc1C(C)C. The van der Waals surface area contributed by atoms with Crippen molar-refractivity contribution in [2.45, 2.75) is 33.1 Å². The van der Waals surface area contributed by atoms with Gasteiger partial charge in [-0.2, -0.15) is 0 Å². The minimum Gasteiger partial charge on any atom is -0.364 e. The van der Waals surface area contributed by atoms with E-state index >= 15 is 0 Å². The molecule has 3 amide bonds. The first-order chi connectivity index (χ1) is 17.0. The van der Waals surface area contributed by atoms with E-state index in [2.05, 4.69) is 20.6 Å². The molecule has 0 aliphatic heterocycles. The number of carbonyl (C=O) groups excluding carboxylic acids is 3. The van der Waals surface area contributed by atoms with E-state index in [4.69, 9.17) is 5.73 Å². The highest BCUT2D eigenvalue weighted by atomic mass is 16.2. The Morgan fingerprint density at radius 3 is 2.50 bits per heavy atom. The number of aryl methyl sites for hydroxylation is 1. The molecule has 10 nitrogen and oxygen atoms in total. The summed E-state index contributed by atoms with van der Waals surface area (Å²) in [5, 5.41) is 6.00. The van der Waals surface area contributed by atoms with E-state index < -0.39 is 5.91 Å². The molecule has 0 unspecified atom stereocenters. The van der Waals surface area contributed by atoms with Crippen LogP contribution < -0.4 is 16.4 Å². The van der Waals surface area contributed by atoms with Gasteiger partial charge >= 0.3 is 0 Å². The van der Waals surface area contributed by atoms with Crippen molar-refractivity contribution < 1.29 is 14.4 Å². The Hall–Kier alpha value is -3.79. The van der Waals surface area contributed by atoms with E-state index in [-0.39, 0.29) is 30.0 Å². The Labute approximate surface area is 213 Å². The molecular weight excluding hydrogens is 458 g/mol. The predicted molar refractivity (Wildman–Crippen MR) is 141 cm³/mol. The Kier molecular flexibility index (Phi) is 10.5. The topological polar surface area (TPSA) is 134 Å². The number of nitrogens with zero attached hydrogens (tertiary/aromatic N) is 4. The number of primary amides is 1. The zero-order chi connectivity index (χ0) is 26.8. The third-order valence-electron chi connectivity index (χ3n) is 5.30. The fraction of sp³-hybridized carbons (Fsp3) is 0.423. The Morgan fingerprint density at radius 2 is 1.86 bits per heavy atom. The number of hydrogen-bond acceptors (Lipinski definition) is 7. The summed E-state index contributed by atoms with van der Waals surface area (Å²) >= 11 is 0. The van der Waals surface area contributed by atoms with Gasteiger partial charge in [0.1, 0.15) is 0 Å². The average Bonchev–Trinajstić information content (AvgIpc) is 2.79. The zero-order valence-corrected chi connectivity index (χ0v) is 22.0. The fourth-order valence-electron chi connectivity index (χ4n) is 3.47. The average molecular weight is 496 g/mol. The molecule has 0 spiro atoms. The number of amides is 3. The first-order valence-corrected chi connectivity index (χ1v) is 11.8. The Balaban J connectivity index is 1.97. The lowest BCUT2D eigenvalue weighted by molar-refractivity contribution is -0.131. The fourth-order valence-corrected chi connectivity index (χ4v) is 3.47. The van der Waals surface area contributed by atoms with Crippen molar-refractivity contribution in [2.24, 2.45) is 5.73 Å². The number of rotatable bonds is 12. The van der Waals surface area contributed by atoms with Gasteiger partial charge < -0.3 is 26.2 Å². The van der Waals surface area contributed by atoms with Gasteiger partial charge in [-0.1, -0.05) is 32.1 Å². The predicted octanol–water partition coefficient (Wildman–Crippen LogP) is 1.99. The maximum atomic E-state index is 12.2. The number of likely N-dealkylation sites (N-methyl/N-ethyl adjacent to an activating group) is 2. The molecule has 0 fully saturated rings. The quantitative estimate of drug-likeness (QED) is 0.383. The van der Waals surface area contributed by atoms with Gasteiger partial charge in [-0.05, 0) is 51.1 Å². The van der Waals surface area contributed by atoms with Crippen LogP contribution in [0.25, 0.3) is 0 Å². The van der Waals surface area contributed by atoms with Gasteiger partial charge in [0.25, 0.3) is 5.91 Å². The summed E-state index contributed by atoms with van der Waals surface area (Å²) in [5.74, 6) is -0.656. The van der Waals surface area contributed by atoms with Gasteiger partial charge in [0.2, 0.25) is 11.8 Å². The van der Waals surface area contributed by atoms with E-state index in [0.717, 1.165) is 16.9 Å². The normalized spacial score (nSPS) is 11.2. The molecule has 1 heterocycles. The molecule has 10 heteroatoms. The molecule has 194 valence electrons. The third kappa shape index (κ3) is 8.77. The van der Waals surface area contributed by atoms with Gasteiger partial charge in [-0.15, -0.1) is 0 Å². The summed E-state index contributed by atoms with van der Waals surface area (Å²) in [6.07, 6.45) is 3.81. The van der Waals surface area contributed by atoms with Crippen LogP contribution >= 0.6 is 0 Å². The van der Waals surface area contributed by atoms with E-state index in [1.807, 2.05) is 64.0 Å². The number of hydrogen-bond donors (Lipinski definition) is 3. The first kappa shape index (κ1) is 28.4. The van der Waals surface area contributed by atoms with Gasteiger partial charge in [-0.25, -0.2) is 9.97 Å². The van der Waals surface area contributed by atoms with Crippen LogP contribution in [-0.4, -0.2) is 78.3 Å². The number of carbonyl (C=O) groups is 3. The highest BCUT2D eigenvalue weighted by Crippen LogP contribution is 2.23. The van der Waals surface area contributed by atoms with Crippen LogP contribution in [0.3, 0.4) is 0 Å². The van der Waals surface area contributed by atoms with Gasteiger partial charge in [-0.3, -0.25) is 14.4 Å². The maximum absolute atomic E-state index is 12.2. The molecule has 4 N–H and O–H groups in total. The van der Waals surface area contributed by atoms with E-state index in [9.17, 15) is 14.4 Å². The summed E-state index contributed by atoms with van der Waals surface area (Å²) in [6, 6.07) is 7.59. The van der Waals surface area contributed by atoms with Gasteiger partial charge in [0.15, 0.2) is 11.5 Å². The minimum atomic E-state index is -0.654. The molecule has 0 aliphatic carbocycles. The van der Waals surface area contributed by atoms with Crippen LogP contribution in [0.5, 0.6) is 0 Å². The molecule has 36 heavy (non-hydrogen) atoms. The largest absolute Gasteiger partial charge is 0.364 e. The molecule has 2 rings (SSSR count). The summed E-state index contributed by atoms with van der Waals surface area (Å²) in [5.41, 5.74) is 8.77. The Bertz CT molecular complexity index is 1110. The number of aromatic nitrogens is 2. The zero-order valence-electron chi connectivity index (χ0n) is 22.0. The summed E-state index contributed by atoms with van der Waals surface area (Å²) < 4.78 is 0. The van der Waals surface area contributed by atoms with Crippen molar-refractivity contribution in [1.82, 2.24) is 25.1 Å². The second kappa shape index (κ2) is 13.3. The molecule has 0 aliphatic rings. The lowest BCUT2D eigenvalue weighted by atomic mass is 10.1. The van der Waals surface area contributed by atoms with Crippen LogP contribution in [0.2, 0.25) is 0 Å². The first-order valence-electron chi connectivity index (χ1n) is 11.8. The van der Waals surface area contributed by atoms with Crippen LogP contribution in [0, 0.1) is 6.92 Å². The minimum absolute atomic E-state index is 0.0209. The molecule has 0 atom stereocenters. The van der Waals surface area contributed by atoms with Crippen LogP contribution in [0.1, 0.15) is 47.2 Å². The van der Waals surface area contributed by atoms with Crippen LogP contribution in [0.15, 0.2) is 36.4 Å². The highest BCUT2D eigenvalue weighted by Gasteiger charge is 2.17. The molecular formula is C26H37N7O3. The monoisotopic (exact) mass is 495 g/mol. The van der Waals surface area contributed by atoms with Crippen LogP contribution in [-0.2, 0) is 16.0 Å². The van der Waals surface area contributed by atoms with E-state index in [1.54, 1.807) is 13.1 Å². The standard InChI is InChI=1S/C26H37N7O3/c1-17(2)23-18(3)29-24(25(27)36)26(31-23)30-20-10-7-9-19(15-20)12-13-28-21(34)16-33(6)22(35)11-8-14-32(4)5/h7-11,15,17H,12-14,16H2,1-6H3,(H2,27,36)(H,28,34)(H,30,31)/b11-8+. The molecule has 2 aromatic rings. The molecule has 0 radical (unpaired) electrons. The van der Waals surface area contributed by atoms with Gasteiger partial charge in [0, 0.05) is 31.9 Å². The van der Waals surface area contributed by atoms with E-state index in [0.29, 0.717) is 31.0 Å². The van der Waals surface area contributed by atoms with Crippen molar-refractivity contribution in [2.75, 3.05) is 46.1 Å². The number of benzene rings is 1. The molecule has 1 aromatic carbocycles. The molecule has 0 saturated heterocycles. The number of nitrogens with one attached hydrogen (secondary N) is 2. The van der Waals surface area contributed by atoms with E-state index in [1.165, 1.54) is 11.0 Å². The summed E-state index contributed by atoms with van der Waals surface area (Å²) in [4.78, 5) is 48.5. The third-order valence-corrected chi connectivity index (χ3v) is 5.30. The van der Waals surface area contributed by atoms with Crippen molar-refractivity contribution in [3.8, 4) is 0 Å². The molecule has 0 saturated carbocycles. The highest BCUT2D eigenvalue weighted by molar-refractivity contribution is 5.96.